The number of aryl methyl sites for hydroxylation is 1. The predicted octanol–water partition coefficient (Wildman–Crippen LogP) is 1.01. The standard InChI is InChI=1S/C11H17N5S/c1-7-5-9(10(12)13)15-11(14-7)16(2)8-3-4-17-6-8/h5,8H,3-4,6H2,1-2H3,(H3,12,13). The molecule has 0 bridgehead atoms. The van der Waals surface area contributed by atoms with Crippen LogP contribution < -0.4 is 10.6 Å². The quantitative estimate of drug-likeness (QED) is 0.619. The zero-order valence-electron chi connectivity index (χ0n) is 10.1. The van der Waals surface area contributed by atoms with Gasteiger partial charge in [0.15, 0.2) is 0 Å². The monoisotopic (exact) mass is 251 g/mol. The number of hydrogen-bond donors (Lipinski definition) is 2. The predicted molar refractivity (Wildman–Crippen MR) is 71.9 cm³/mol. The van der Waals surface area contributed by atoms with Gasteiger partial charge in [-0.15, -0.1) is 0 Å². The van der Waals surface area contributed by atoms with E-state index in [0.29, 0.717) is 17.7 Å². The van der Waals surface area contributed by atoms with Crippen LogP contribution >= 0.6 is 11.8 Å². The van der Waals surface area contributed by atoms with E-state index in [1.807, 2.05) is 25.7 Å². The van der Waals surface area contributed by atoms with E-state index in [-0.39, 0.29) is 5.84 Å². The summed E-state index contributed by atoms with van der Waals surface area (Å²) in [6.45, 7) is 1.90. The van der Waals surface area contributed by atoms with Gasteiger partial charge in [0.1, 0.15) is 11.5 Å². The van der Waals surface area contributed by atoms with Gasteiger partial charge in [0.25, 0.3) is 0 Å². The number of nitrogen functional groups attached to an aromatic ring is 1. The van der Waals surface area contributed by atoms with Gasteiger partial charge in [-0.2, -0.15) is 11.8 Å². The summed E-state index contributed by atoms with van der Waals surface area (Å²) in [5.41, 5.74) is 6.83. The first kappa shape index (κ1) is 12.2. The van der Waals surface area contributed by atoms with Crippen LogP contribution in [0.3, 0.4) is 0 Å². The summed E-state index contributed by atoms with van der Waals surface area (Å²) >= 11 is 1.96. The fraction of sp³-hybridized carbons (Fsp3) is 0.545. The highest BCUT2D eigenvalue weighted by atomic mass is 32.2. The van der Waals surface area contributed by atoms with Crippen LogP contribution in [0.1, 0.15) is 17.8 Å². The Balaban J connectivity index is 2.27. The first-order valence-corrected chi connectivity index (χ1v) is 6.74. The van der Waals surface area contributed by atoms with Crippen molar-refractivity contribution in [2.75, 3.05) is 23.5 Å². The summed E-state index contributed by atoms with van der Waals surface area (Å²) in [6.07, 6.45) is 1.16. The molecule has 1 aliphatic rings. The van der Waals surface area contributed by atoms with Crippen LogP contribution in [0.15, 0.2) is 6.07 Å². The van der Waals surface area contributed by atoms with E-state index in [9.17, 15) is 0 Å². The largest absolute Gasteiger partial charge is 0.382 e. The highest BCUT2D eigenvalue weighted by molar-refractivity contribution is 7.99. The number of aromatic nitrogens is 2. The molecule has 1 unspecified atom stereocenters. The second-order valence-electron chi connectivity index (χ2n) is 4.24. The first-order valence-electron chi connectivity index (χ1n) is 5.58. The Bertz CT molecular complexity index is 428. The van der Waals surface area contributed by atoms with Gasteiger partial charge < -0.3 is 10.6 Å². The second-order valence-corrected chi connectivity index (χ2v) is 5.39. The molecule has 1 fully saturated rings. The summed E-state index contributed by atoms with van der Waals surface area (Å²) in [5.74, 6) is 2.97. The average Bonchev–Trinajstić information content (AvgIpc) is 2.80. The minimum Gasteiger partial charge on any atom is -0.382 e. The smallest absolute Gasteiger partial charge is 0.226 e. The van der Waals surface area contributed by atoms with Gasteiger partial charge >= 0.3 is 0 Å². The maximum Gasteiger partial charge on any atom is 0.226 e. The molecule has 0 radical (unpaired) electrons. The molecule has 5 nitrogen and oxygen atoms in total. The summed E-state index contributed by atoms with van der Waals surface area (Å²) in [6, 6.07) is 2.23. The van der Waals surface area contributed by atoms with Crippen molar-refractivity contribution < 1.29 is 0 Å². The molecule has 0 aromatic carbocycles. The number of nitrogens with two attached hydrogens (primary N) is 1. The molecule has 1 atom stereocenters. The molecule has 0 saturated carbocycles. The molecule has 1 aromatic heterocycles. The second kappa shape index (κ2) is 4.91. The minimum atomic E-state index is -0.00838. The summed E-state index contributed by atoms with van der Waals surface area (Å²) in [5, 5.41) is 7.44. The Morgan fingerprint density at radius 2 is 2.35 bits per heavy atom. The van der Waals surface area contributed by atoms with Crippen LogP contribution in [0.25, 0.3) is 0 Å². The fourth-order valence-electron chi connectivity index (χ4n) is 1.84. The molecule has 92 valence electrons. The zero-order chi connectivity index (χ0) is 12.4. The first-order chi connectivity index (χ1) is 8.08. The molecule has 3 N–H and O–H groups in total. The third kappa shape index (κ3) is 2.69. The van der Waals surface area contributed by atoms with Crippen molar-refractivity contribution in [3.05, 3.63) is 17.5 Å². The Labute approximate surface area is 105 Å². The number of amidine groups is 1. The number of nitrogens with one attached hydrogen (secondary N) is 1. The summed E-state index contributed by atoms with van der Waals surface area (Å²) in [4.78, 5) is 10.8. The van der Waals surface area contributed by atoms with Crippen LogP contribution in [0.2, 0.25) is 0 Å². The van der Waals surface area contributed by atoms with Gasteiger partial charge in [-0.3, -0.25) is 5.41 Å². The van der Waals surface area contributed by atoms with Crippen LogP contribution in [-0.4, -0.2) is 40.4 Å². The molecule has 1 aromatic rings. The lowest BCUT2D eigenvalue weighted by Crippen LogP contribution is -2.33. The minimum absolute atomic E-state index is 0.00838. The van der Waals surface area contributed by atoms with Crippen LogP contribution in [0.5, 0.6) is 0 Å². The van der Waals surface area contributed by atoms with Crippen LogP contribution in [0, 0.1) is 12.3 Å². The summed E-state index contributed by atoms with van der Waals surface area (Å²) < 4.78 is 0. The molecular weight excluding hydrogens is 234 g/mol. The van der Waals surface area contributed by atoms with Gasteiger partial charge in [0.2, 0.25) is 5.95 Å². The van der Waals surface area contributed by atoms with Crippen molar-refractivity contribution >= 4 is 23.5 Å². The maximum atomic E-state index is 7.44. The lowest BCUT2D eigenvalue weighted by molar-refractivity contribution is 0.679. The van der Waals surface area contributed by atoms with E-state index < -0.39 is 0 Å². The van der Waals surface area contributed by atoms with E-state index in [1.165, 1.54) is 5.75 Å². The van der Waals surface area contributed by atoms with Crippen molar-refractivity contribution in [1.82, 2.24) is 9.97 Å². The lowest BCUT2D eigenvalue weighted by atomic mass is 10.2. The lowest BCUT2D eigenvalue weighted by Gasteiger charge is -2.24. The van der Waals surface area contributed by atoms with Crippen molar-refractivity contribution in [1.29, 1.82) is 5.41 Å². The van der Waals surface area contributed by atoms with Gasteiger partial charge in [-0.1, -0.05) is 0 Å². The number of rotatable bonds is 3. The molecule has 17 heavy (non-hydrogen) atoms. The molecule has 6 heteroatoms. The molecule has 1 saturated heterocycles. The number of thioether (sulfide) groups is 1. The molecule has 1 aliphatic heterocycles. The SMILES string of the molecule is Cc1cc(C(=N)N)nc(N(C)C2CCSC2)n1. The van der Waals surface area contributed by atoms with Crippen molar-refractivity contribution in [2.45, 2.75) is 19.4 Å². The van der Waals surface area contributed by atoms with E-state index in [1.54, 1.807) is 6.07 Å². The number of hydrogen-bond acceptors (Lipinski definition) is 5. The van der Waals surface area contributed by atoms with E-state index in [2.05, 4.69) is 14.9 Å². The molecule has 0 amide bonds. The topological polar surface area (TPSA) is 78.9 Å². The van der Waals surface area contributed by atoms with Crippen molar-refractivity contribution in [3.63, 3.8) is 0 Å². The zero-order valence-corrected chi connectivity index (χ0v) is 10.9. The Morgan fingerprint density at radius 1 is 1.59 bits per heavy atom. The van der Waals surface area contributed by atoms with Crippen LogP contribution in [0.4, 0.5) is 5.95 Å². The third-order valence-electron chi connectivity index (χ3n) is 2.89. The Morgan fingerprint density at radius 3 is 2.94 bits per heavy atom. The van der Waals surface area contributed by atoms with Crippen molar-refractivity contribution in [3.8, 4) is 0 Å². The highest BCUT2D eigenvalue weighted by Crippen LogP contribution is 2.24. The average molecular weight is 251 g/mol. The molecule has 0 spiro atoms. The van der Waals surface area contributed by atoms with E-state index in [0.717, 1.165) is 17.9 Å². The summed E-state index contributed by atoms with van der Waals surface area (Å²) in [7, 11) is 2.01. The van der Waals surface area contributed by atoms with Crippen LogP contribution in [-0.2, 0) is 0 Å². The molecule has 2 heterocycles. The van der Waals surface area contributed by atoms with Gasteiger partial charge in [-0.05, 0) is 25.2 Å². The van der Waals surface area contributed by atoms with Gasteiger partial charge in [0.05, 0.1) is 0 Å². The third-order valence-corrected chi connectivity index (χ3v) is 4.03. The molecular formula is C11H17N5S. The number of anilines is 1. The normalized spacial score (nSPS) is 19.3. The van der Waals surface area contributed by atoms with E-state index in [4.69, 9.17) is 11.1 Å². The van der Waals surface area contributed by atoms with Gasteiger partial charge in [0, 0.05) is 24.5 Å². The Hall–Kier alpha value is -1.30. The highest BCUT2D eigenvalue weighted by Gasteiger charge is 2.22. The van der Waals surface area contributed by atoms with E-state index >= 15 is 0 Å². The van der Waals surface area contributed by atoms with Gasteiger partial charge in [-0.25, -0.2) is 9.97 Å². The molecule has 2 rings (SSSR count). The fourth-order valence-corrected chi connectivity index (χ4v) is 3.11. The van der Waals surface area contributed by atoms with Crippen molar-refractivity contribution in [2.24, 2.45) is 5.73 Å². The maximum absolute atomic E-state index is 7.44. The Kier molecular flexibility index (Phi) is 3.51. The number of nitrogens with zero attached hydrogens (tertiary/aromatic N) is 3. The molecule has 0 aliphatic carbocycles.